The van der Waals surface area contributed by atoms with E-state index in [2.05, 4.69) is 25.4 Å². The highest BCUT2D eigenvalue weighted by Crippen LogP contribution is 2.10. The van der Waals surface area contributed by atoms with Crippen LogP contribution >= 0.6 is 24.0 Å². The van der Waals surface area contributed by atoms with Crippen molar-refractivity contribution in [3.63, 3.8) is 0 Å². The Morgan fingerprint density at radius 2 is 1.82 bits per heavy atom. The van der Waals surface area contributed by atoms with Gasteiger partial charge < -0.3 is 10.6 Å². The minimum Gasteiger partial charge on any atom is -0.355 e. The number of benzene rings is 1. The van der Waals surface area contributed by atoms with E-state index in [1.54, 1.807) is 7.05 Å². The van der Waals surface area contributed by atoms with Gasteiger partial charge in [-0.25, -0.2) is 13.1 Å². The van der Waals surface area contributed by atoms with Crippen molar-refractivity contribution in [1.82, 2.24) is 25.1 Å². The summed E-state index contributed by atoms with van der Waals surface area (Å²) >= 11 is 0. The van der Waals surface area contributed by atoms with Crippen molar-refractivity contribution in [3.8, 4) is 0 Å². The molecule has 1 aromatic carbocycles. The Labute approximate surface area is 184 Å². The molecule has 0 amide bonds. The molecule has 0 spiro atoms. The minimum atomic E-state index is -3.37. The number of sulfonamides is 1. The number of hydrogen-bond acceptors (Lipinski definition) is 4. The van der Waals surface area contributed by atoms with Gasteiger partial charge in [-0.1, -0.05) is 30.3 Å². The van der Waals surface area contributed by atoms with Crippen LogP contribution in [0, 0.1) is 13.8 Å². The molecule has 0 atom stereocenters. The highest BCUT2D eigenvalue weighted by atomic mass is 127. The quantitative estimate of drug-likeness (QED) is 0.278. The van der Waals surface area contributed by atoms with Crippen LogP contribution in [0.4, 0.5) is 0 Å². The molecular weight excluding hydrogens is 491 g/mol. The van der Waals surface area contributed by atoms with Crippen LogP contribution in [0.3, 0.4) is 0 Å². The van der Waals surface area contributed by atoms with E-state index in [1.165, 1.54) is 0 Å². The molecular formula is C18H29IN6O2S. The number of nitrogens with one attached hydrogen (secondary N) is 3. The molecule has 8 nitrogen and oxygen atoms in total. The Hall–Kier alpha value is -1.66. The Bertz CT molecular complexity index is 881. The van der Waals surface area contributed by atoms with E-state index in [0.717, 1.165) is 22.5 Å². The predicted molar refractivity (Wildman–Crippen MR) is 123 cm³/mol. The van der Waals surface area contributed by atoms with Gasteiger partial charge in [0.1, 0.15) is 0 Å². The monoisotopic (exact) mass is 520 g/mol. The second-order valence-corrected chi connectivity index (χ2v) is 8.18. The Balaban J connectivity index is 0.00000392. The van der Waals surface area contributed by atoms with Gasteiger partial charge in [-0.15, -0.1) is 24.0 Å². The zero-order valence-corrected chi connectivity index (χ0v) is 19.8. The van der Waals surface area contributed by atoms with Gasteiger partial charge in [-0.3, -0.25) is 9.67 Å². The van der Waals surface area contributed by atoms with Crippen LogP contribution < -0.4 is 15.4 Å². The summed E-state index contributed by atoms with van der Waals surface area (Å²) in [5.74, 6) is 0.516. The van der Waals surface area contributed by atoms with Crippen LogP contribution in [0.2, 0.25) is 0 Å². The molecule has 0 saturated carbocycles. The molecule has 0 aliphatic carbocycles. The van der Waals surface area contributed by atoms with E-state index < -0.39 is 10.0 Å². The molecule has 0 radical (unpaired) electrons. The molecule has 0 unspecified atom stereocenters. The summed E-state index contributed by atoms with van der Waals surface area (Å²) in [6, 6.07) is 9.43. The third-order valence-corrected chi connectivity index (χ3v) is 5.64. The summed E-state index contributed by atoms with van der Waals surface area (Å²) in [4.78, 5) is 4.13. The number of nitrogens with zero attached hydrogens (tertiary/aromatic N) is 3. The van der Waals surface area contributed by atoms with E-state index in [0.29, 0.717) is 12.5 Å². The zero-order valence-electron chi connectivity index (χ0n) is 16.7. The molecule has 0 aliphatic rings. The van der Waals surface area contributed by atoms with E-state index in [9.17, 15) is 8.42 Å². The second-order valence-electron chi connectivity index (χ2n) is 6.25. The van der Waals surface area contributed by atoms with Crippen molar-refractivity contribution in [2.24, 2.45) is 12.0 Å². The van der Waals surface area contributed by atoms with E-state index in [-0.39, 0.29) is 42.8 Å². The second kappa shape index (κ2) is 11.4. The maximum absolute atomic E-state index is 12.1. The lowest BCUT2D eigenvalue weighted by atomic mass is 10.2. The largest absolute Gasteiger partial charge is 0.355 e. The van der Waals surface area contributed by atoms with Gasteiger partial charge in [-0.2, -0.15) is 5.10 Å². The molecule has 1 aromatic heterocycles. The molecule has 10 heteroatoms. The molecule has 28 heavy (non-hydrogen) atoms. The van der Waals surface area contributed by atoms with E-state index in [4.69, 9.17) is 0 Å². The van der Waals surface area contributed by atoms with Crippen molar-refractivity contribution in [2.75, 3.05) is 19.3 Å². The first-order valence-electron chi connectivity index (χ1n) is 8.77. The lowest BCUT2D eigenvalue weighted by molar-refractivity contribution is 0.580. The fraction of sp³-hybridized carbons (Fsp3) is 0.444. The van der Waals surface area contributed by atoms with Gasteiger partial charge in [0.2, 0.25) is 10.0 Å². The molecule has 3 N–H and O–H groups in total. The topological polar surface area (TPSA) is 100 Å². The summed E-state index contributed by atoms with van der Waals surface area (Å²) < 4.78 is 28.7. The first kappa shape index (κ1) is 24.4. The first-order chi connectivity index (χ1) is 12.8. The highest BCUT2D eigenvalue weighted by molar-refractivity contribution is 14.0. The molecule has 0 aliphatic heterocycles. The standard InChI is InChI=1S/C18H28N6O2S.HI/c1-14-17(15(2)24(4)23-14)13-21-18(19-3)20-10-11-27(25,26)22-12-16-8-6-5-7-9-16;/h5-9,22H,10-13H2,1-4H3,(H2,19,20,21);1H. The van der Waals surface area contributed by atoms with Gasteiger partial charge in [-0.05, 0) is 19.4 Å². The van der Waals surface area contributed by atoms with Crippen LogP contribution in [-0.2, 0) is 30.2 Å². The fourth-order valence-electron chi connectivity index (χ4n) is 2.63. The van der Waals surface area contributed by atoms with E-state index >= 15 is 0 Å². The summed E-state index contributed by atoms with van der Waals surface area (Å²) in [7, 11) is 0.193. The highest BCUT2D eigenvalue weighted by Gasteiger charge is 2.12. The van der Waals surface area contributed by atoms with E-state index in [1.807, 2.05) is 55.9 Å². The lowest BCUT2D eigenvalue weighted by Gasteiger charge is -2.13. The predicted octanol–water partition coefficient (Wildman–Crippen LogP) is 1.44. The molecule has 156 valence electrons. The summed E-state index contributed by atoms with van der Waals surface area (Å²) in [6.45, 7) is 5.10. The maximum atomic E-state index is 12.1. The number of rotatable bonds is 8. The zero-order chi connectivity index (χ0) is 19.9. The van der Waals surface area contributed by atoms with Crippen molar-refractivity contribution >= 4 is 40.0 Å². The summed E-state index contributed by atoms with van der Waals surface area (Å²) in [6.07, 6.45) is 0. The van der Waals surface area contributed by atoms with Gasteiger partial charge in [0.25, 0.3) is 0 Å². The van der Waals surface area contributed by atoms with Crippen molar-refractivity contribution in [3.05, 3.63) is 52.8 Å². The van der Waals surface area contributed by atoms with Crippen LogP contribution in [0.1, 0.15) is 22.5 Å². The van der Waals surface area contributed by atoms with Gasteiger partial charge in [0.05, 0.1) is 11.4 Å². The van der Waals surface area contributed by atoms with Gasteiger partial charge in [0, 0.05) is 45.0 Å². The molecule has 0 saturated heterocycles. The van der Waals surface area contributed by atoms with Crippen molar-refractivity contribution < 1.29 is 8.42 Å². The number of aliphatic imine (C=N–C) groups is 1. The number of guanidine groups is 1. The van der Waals surface area contributed by atoms with Gasteiger partial charge >= 0.3 is 0 Å². The van der Waals surface area contributed by atoms with Crippen LogP contribution in [0.5, 0.6) is 0 Å². The third-order valence-electron chi connectivity index (χ3n) is 4.32. The molecule has 2 aromatic rings. The normalized spacial score (nSPS) is 11.8. The average Bonchev–Trinajstić information content (AvgIpc) is 2.89. The molecule has 1 heterocycles. The summed E-state index contributed by atoms with van der Waals surface area (Å²) in [5.41, 5.74) is 4.08. The first-order valence-corrected chi connectivity index (χ1v) is 10.4. The Morgan fingerprint density at radius 1 is 1.14 bits per heavy atom. The molecule has 0 fully saturated rings. The number of halogens is 1. The van der Waals surface area contributed by atoms with Gasteiger partial charge in [0.15, 0.2) is 5.96 Å². The van der Waals surface area contributed by atoms with Crippen LogP contribution in [0.25, 0.3) is 0 Å². The Kier molecular flexibility index (Phi) is 9.90. The molecule has 0 bridgehead atoms. The number of aryl methyl sites for hydroxylation is 2. The summed E-state index contributed by atoms with van der Waals surface area (Å²) in [5, 5.41) is 10.6. The lowest BCUT2D eigenvalue weighted by Crippen LogP contribution is -2.40. The fourth-order valence-corrected chi connectivity index (χ4v) is 3.53. The van der Waals surface area contributed by atoms with Crippen molar-refractivity contribution in [1.29, 1.82) is 0 Å². The smallest absolute Gasteiger partial charge is 0.213 e. The molecule has 2 rings (SSSR count). The average molecular weight is 520 g/mol. The number of hydrogen-bond donors (Lipinski definition) is 3. The SMILES string of the molecule is CN=C(NCCS(=O)(=O)NCc1ccccc1)NCc1c(C)nn(C)c1C.I. The number of aromatic nitrogens is 2. The maximum Gasteiger partial charge on any atom is 0.213 e. The van der Waals surface area contributed by atoms with Crippen LogP contribution in [-0.4, -0.2) is 43.5 Å². The van der Waals surface area contributed by atoms with Crippen molar-refractivity contribution in [2.45, 2.75) is 26.9 Å². The third kappa shape index (κ3) is 7.40. The van der Waals surface area contributed by atoms with Crippen LogP contribution in [0.15, 0.2) is 35.3 Å². The minimum absolute atomic E-state index is 0. The Morgan fingerprint density at radius 3 is 2.39 bits per heavy atom.